The summed E-state index contributed by atoms with van der Waals surface area (Å²) in [6.45, 7) is 1.81. The van der Waals surface area contributed by atoms with Gasteiger partial charge in [-0.1, -0.05) is 48.5 Å². The van der Waals surface area contributed by atoms with E-state index in [1.165, 1.54) is 7.05 Å². The van der Waals surface area contributed by atoms with Crippen molar-refractivity contribution in [1.29, 1.82) is 0 Å². The fourth-order valence-electron chi connectivity index (χ4n) is 2.05. The highest BCUT2D eigenvalue weighted by Gasteiger charge is 2.16. The Kier molecular flexibility index (Phi) is 5.09. The normalized spacial score (nSPS) is 11.4. The van der Waals surface area contributed by atoms with Gasteiger partial charge in [-0.15, -0.1) is 0 Å². The van der Waals surface area contributed by atoms with Crippen molar-refractivity contribution in [3.63, 3.8) is 0 Å². The molecule has 0 aliphatic heterocycles. The van der Waals surface area contributed by atoms with Gasteiger partial charge in [0.15, 0.2) is 0 Å². The summed E-state index contributed by atoms with van der Waals surface area (Å²) in [5.41, 5.74) is 2.35. The lowest BCUT2D eigenvalue weighted by molar-refractivity contribution is -0.117. The molecule has 22 heavy (non-hydrogen) atoms. The van der Waals surface area contributed by atoms with E-state index < -0.39 is 0 Å². The van der Waals surface area contributed by atoms with Crippen molar-refractivity contribution in [2.45, 2.75) is 6.92 Å². The number of benzene rings is 2. The zero-order valence-corrected chi connectivity index (χ0v) is 12.6. The predicted molar refractivity (Wildman–Crippen MR) is 87.0 cm³/mol. The molecule has 2 aromatic carbocycles. The van der Waals surface area contributed by atoms with E-state index in [-0.39, 0.29) is 17.5 Å². The molecule has 0 saturated heterocycles. The molecular formula is C18H18N2O2. The van der Waals surface area contributed by atoms with E-state index >= 15 is 0 Å². The molecule has 4 nitrogen and oxygen atoms in total. The Morgan fingerprint density at radius 3 is 1.82 bits per heavy atom. The number of likely N-dealkylation sites (N-methyl/N-ethyl adjacent to an activating group) is 1. The third-order valence-electron chi connectivity index (χ3n) is 3.31. The van der Waals surface area contributed by atoms with Crippen molar-refractivity contribution in [3.8, 4) is 0 Å². The van der Waals surface area contributed by atoms with E-state index in [4.69, 9.17) is 0 Å². The SMILES string of the molecule is CNC(=O)/C(NC(=O)c1ccccc1)=C(\C)c1ccccc1. The van der Waals surface area contributed by atoms with E-state index in [0.717, 1.165) is 5.56 Å². The van der Waals surface area contributed by atoms with Crippen molar-refractivity contribution in [3.05, 3.63) is 77.5 Å². The Morgan fingerprint density at radius 2 is 1.32 bits per heavy atom. The molecule has 0 atom stereocenters. The summed E-state index contributed by atoms with van der Waals surface area (Å²) in [7, 11) is 1.54. The first-order valence-electron chi connectivity index (χ1n) is 6.98. The van der Waals surface area contributed by atoms with Crippen LogP contribution < -0.4 is 10.6 Å². The number of rotatable bonds is 4. The van der Waals surface area contributed by atoms with Crippen molar-refractivity contribution >= 4 is 17.4 Å². The van der Waals surface area contributed by atoms with E-state index in [9.17, 15) is 9.59 Å². The van der Waals surface area contributed by atoms with Gasteiger partial charge in [0, 0.05) is 12.6 Å². The molecule has 0 aliphatic carbocycles. The molecule has 0 radical (unpaired) electrons. The summed E-state index contributed by atoms with van der Waals surface area (Å²) in [6.07, 6.45) is 0. The van der Waals surface area contributed by atoms with Crippen LogP contribution in [0.1, 0.15) is 22.8 Å². The molecule has 4 heteroatoms. The maximum atomic E-state index is 12.3. The molecule has 112 valence electrons. The summed E-state index contributed by atoms with van der Waals surface area (Å²) in [5.74, 6) is -0.639. The van der Waals surface area contributed by atoms with Crippen molar-refractivity contribution in [2.75, 3.05) is 7.05 Å². The molecule has 0 spiro atoms. The van der Waals surface area contributed by atoms with Gasteiger partial charge in [0.05, 0.1) is 0 Å². The highest BCUT2D eigenvalue weighted by atomic mass is 16.2. The standard InChI is InChI=1S/C18H18N2O2/c1-13(14-9-5-3-6-10-14)16(18(22)19-2)20-17(21)15-11-7-4-8-12-15/h3-12H,1-2H3,(H,19,22)(H,20,21)/b16-13-. The molecule has 2 N–H and O–H groups in total. The molecule has 0 aromatic heterocycles. The molecule has 0 bridgehead atoms. The summed E-state index contributed by atoms with van der Waals surface area (Å²) in [4.78, 5) is 24.4. The topological polar surface area (TPSA) is 58.2 Å². The molecule has 2 amide bonds. The Labute approximate surface area is 129 Å². The lowest BCUT2D eigenvalue weighted by Crippen LogP contribution is -2.34. The summed E-state index contributed by atoms with van der Waals surface area (Å²) in [6, 6.07) is 18.3. The second-order valence-corrected chi connectivity index (χ2v) is 4.77. The summed E-state index contributed by atoms with van der Waals surface area (Å²) >= 11 is 0. The smallest absolute Gasteiger partial charge is 0.267 e. The number of amides is 2. The van der Waals surface area contributed by atoms with Gasteiger partial charge in [0.2, 0.25) is 0 Å². The van der Waals surface area contributed by atoms with Gasteiger partial charge in [-0.25, -0.2) is 0 Å². The van der Waals surface area contributed by atoms with Crippen LogP contribution in [0.5, 0.6) is 0 Å². The number of carbonyl (C=O) groups is 2. The summed E-state index contributed by atoms with van der Waals surface area (Å²) in [5, 5.41) is 5.27. The molecule has 0 fully saturated rings. The quantitative estimate of drug-likeness (QED) is 0.852. The van der Waals surface area contributed by atoms with Crippen LogP contribution in [0, 0.1) is 0 Å². The fraction of sp³-hybridized carbons (Fsp3) is 0.111. The highest BCUT2D eigenvalue weighted by Crippen LogP contribution is 2.17. The number of allylic oxidation sites excluding steroid dienone is 1. The number of carbonyl (C=O) groups excluding carboxylic acids is 2. The van der Waals surface area contributed by atoms with Crippen molar-refractivity contribution in [2.24, 2.45) is 0 Å². The minimum atomic E-state index is -0.328. The molecule has 2 rings (SSSR count). The van der Waals surface area contributed by atoms with Crippen molar-refractivity contribution < 1.29 is 9.59 Å². The van der Waals surface area contributed by atoms with Crippen LogP contribution in [0.4, 0.5) is 0 Å². The van der Waals surface area contributed by atoms with Crippen LogP contribution >= 0.6 is 0 Å². The Morgan fingerprint density at radius 1 is 0.818 bits per heavy atom. The second-order valence-electron chi connectivity index (χ2n) is 4.77. The molecule has 2 aromatic rings. The zero-order valence-electron chi connectivity index (χ0n) is 12.6. The molecular weight excluding hydrogens is 276 g/mol. The van der Waals surface area contributed by atoms with Crippen LogP contribution in [0.25, 0.3) is 5.57 Å². The van der Waals surface area contributed by atoms with Gasteiger partial charge in [0.25, 0.3) is 11.8 Å². The second kappa shape index (κ2) is 7.22. The first kappa shape index (κ1) is 15.5. The number of hydrogen-bond donors (Lipinski definition) is 2. The maximum Gasteiger partial charge on any atom is 0.267 e. The monoisotopic (exact) mass is 294 g/mol. The minimum absolute atomic E-state index is 0.252. The third-order valence-corrected chi connectivity index (χ3v) is 3.31. The van der Waals surface area contributed by atoms with Gasteiger partial charge in [-0.05, 0) is 30.2 Å². The Bertz CT molecular complexity index is 692. The molecule has 0 saturated carbocycles. The predicted octanol–water partition coefficient (Wildman–Crippen LogP) is 2.59. The highest BCUT2D eigenvalue weighted by molar-refractivity contribution is 6.07. The molecule has 0 aliphatic rings. The van der Waals surface area contributed by atoms with E-state index in [1.807, 2.05) is 43.3 Å². The van der Waals surface area contributed by atoms with Crippen LogP contribution in [-0.2, 0) is 4.79 Å². The average molecular weight is 294 g/mol. The third kappa shape index (κ3) is 3.61. The first-order chi connectivity index (χ1) is 10.6. The van der Waals surface area contributed by atoms with Gasteiger partial charge in [0.1, 0.15) is 5.70 Å². The molecule has 0 unspecified atom stereocenters. The summed E-state index contributed by atoms with van der Waals surface area (Å²) < 4.78 is 0. The number of hydrogen-bond acceptors (Lipinski definition) is 2. The number of nitrogens with one attached hydrogen (secondary N) is 2. The van der Waals surface area contributed by atoms with Crippen molar-refractivity contribution in [1.82, 2.24) is 10.6 Å². The Hall–Kier alpha value is -2.88. The zero-order chi connectivity index (χ0) is 15.9. The van der Waals surface area contributed by atoms with Crippen LogP contribution in [0.3, 0.4) is 0 Å². The van der Waals surface area contributed by atoms with E-state index in [2.05, 4.69) is 10.6 Å². The first-order valence-corrected chi connectivity index (χ1v) is 6.98. The lowest BCUT2D eigenvalue weighted by atomic mass is 10.0. The van der Waals surface area contributed by atoms with E-state index in [1.54, 1.807) is 24.3 Å². The van der Waals surface area contributed by atoms with Gasteiger partial charge >= 0.3 is 0 Å². The van der Waals surface area contributed by atoms with E-state index in [0.29, 0.717) is 11.1 Å². The van der Waals surface area contributed by atoms with Crippen LogP contribution in [0.2, 0.25) is 0 Å². The van der Waals surface area contributed by atoms with Gasteiger partial charge in [-0.2, -0.15) is 0 Å². The minimum Gasteiger partial charge on any atom is -0.354 e. The fourth-order valence-corrected chi connectivity index (χ4v) is 2.05. The lowest BCUT2D eigenvalue weighted by Gasteiger charge is -2.13. The average Bonchev–Trinajstić information content (AvgIpc) is 2.59. The Balaban J connectivity index is 2.35. The van der Waals surface area contributed by atoms with Crippen LogP contribution in [0.15, 0.2) is 66.4 Å². The molecule has 0 heterocycles. The van der Waals surface area contributed by atoms with Gasteiger partial charge < -0.3 is 10.6 Å². The maximum absolute atomic E-state index is 12.3. The van der Waals surface area contributed by atoms with Gasteiger partial charge in [-0.3, -0.25) is 9.59 Å². The van der Waals surface area contributed by atoms with Crippen LogP contribution in [-0.4, -0.2) is 18.9 Å². The largest absolute Gasteiger partial charge is 0.354 e.